The molecule has 108 valence electrons. The lowest BCUT2D eigenvalue weighted by molar-refractivity contribution is -0.134. The summed E-state index contributed by atoms with van der Waals surface area (Å²) in [4.78, 5) is 25.1. The summed E-state index contributed by atoms with van der Waals surface area (Å²) >= 11 is 0. The first-order chi connectivity index (χ1) is 9.75. The van der Waals surface area contributed by atoms with Crippen LogP contribution in [0.3, 0.4) is 0 Å². The fourth-order valence-corrected chi connectivity index (χ4v) is 1.92. The van der Waals surface area contributed by atoms with Crippen molar-refractivity contribution in [2.24, 2.45) is 0 Å². The zero-order valence-electron chi connectivity index (χ0n) is 11.3. The van der Waals surface area contributed by atoms with Gasteiger partial charge >= 0.3 is 6.03 Å². The van der Waals surface area contributed by atoms with Crippen LogP contribution in [0.2, 0.25) is 0 Å². The van der Waals surface area contributed by atoms with Crippen molar-refractivity contribution in [1.82, 2.24) is 15.5 Å². The van der Waals surface area contributed by atoms with E-state index in [9.17, 15) is 9.59 Å². The van der Waals surface area contributed by atoms with Crippen LogP contribution in [-0.4, -0.2) is 49.7 Å². The highest BCUT2D eigenvalue weighted by molar-refractivity contribution is 5.84. The molecule has 2 rings (SSSR count). The van der Waals surface area contributed by atoms with Crippen LogP contribution in [-0.2, 0) is 16.1 Å². The van der Waals surface area contributed by atoms with Gasteiger partial charge in [-0.2, -0.15) is 0 Å². The molecule has 20 heavy (non-hydrogen) atoms. The predicted octanol–water partition coefficient (Wildman–Crippen LogP) is 0.345. The smallest absolute Gasteiger partial charge is 0.315 e. The monoisotopic (exact) mass is 277 g/mol. The Kier molecular flexibility index (Phi) is 5.37. The molecule has 0 aliphatic carbocycles. The van der Waals surface area contributed by atoms with Crippen molar-refractivity contribution in [1.29, 1.82) is 0 Å². The molecule has 6 heteroatoms. The zero-order valence-corrected chi connectivity index (χ0v) is 11.3. The third kappa shape index (κ3) is 4.55. The van der Waals surface area contributed by atoms with Gasteiger partial charge in [0.2, 0.25) is 5.91 Å². The molecule has 1 aromatic carbocycles. The second kappa shape index (κ2) is 7.49. The summed E-state index contributed by atoms with van der Waals surface area (Å²) in [6.45, 7) is 2.76. The highest BCUT2D eigenvalue weighted by Gasteiger charge is 2.16. The van der Waals surface area contributed by atoms with Gasteiger partial charge in [-0.25, -0.2) is 4.79 Å². The van der Waals surface area contributed by atoms with E-state index in [2.05, 4.69) is 10.6 Å². The van der Waals surface area contributed by atoms with Gasteiger partial charge in [0.25, 0.3) is 0 Å². The topological polar surface area (TPSA) is 70.7 Å². The average molecular weight is 277 g/mol. The van der Waals surface area contributed by atoms with E-state index in [1.54, 1.807) is 4.90 Å². The van der Waals surface area contributed by atoms with Crippen LogP contribution in [0.4, 0.5) is 4.79 Å². The molecular formula is C14H19N3O3. The van der Waals surface area contributed by atoms with Crippen LogP contribution in [0.1, 0.15) is 5.56 Å². The summed E-state index contributed by atoms with van der Waals surface area (Å²) < 4.78 is 5.17. The number of carbonyl (C=O) groups excluding carboxylic acids is 2. The van der Waals surface area contributed by atoms with Gasteiger partial charge in [0.1, 0.15) is 0 Å². The molecule has 1 fully saturated rings. The van der Waals surface area contributed by atoms with E-state index in [0.717, 1.165) is 5.56 Å². The first-order valence-electron chi connectivity index (χ1n) is 6.67. The number of benzene rings is 1. The normalized spacial score (nSPS) is 14.7. The molecule has 1 heterocycles. The molecule has 0 radical (unpaired) electrons. The van der Waals surface area contributed by atoms with Gasteiger partial charge in [-0.1, -0.05) is 30.3 Å². The van der Waals surface area contributed by atoms with Crippen molar-refractivity contribution < 1.29 is 14.3 Å². The van der Waals surface area contributed by atoms with E-state index >= 15 is 0 Å². The van der Waals surface area contributed by atoms with E-state index in [-0.39, 0.29) is 18.5 Å². The number of amides is 3. The molecule has 1 aliphatic heterocycles. The fraction of sp³-hybridized carbons (Fsp3) is 0.429. The Labute approximate surface area is 118 Å². The second-order valence-electron chi connectivity index (χ2n) is 4.51. The maximum absolute atomic E-state index is 11.8. The number of urea groups is 1. The summed E-state index contributed by atoms with van der Waals surface area (Å²) in [5.74, 6) is -0.0804. The number of carbonyl (C=O) groups is 2. The standard InChI is InChI=1S/C14H19N3O3/c18-13(17-6-8-20-9-7-17)11-16-14(19)15-10-12-4-2-1-3-5-12/h1-5H,6-11H2,(H2,15,16,19). The number of hydrogen-bond acceptors (Lipinski definition) is 3. The summed E-state index contributed by atoms with van der Waals surface area (Å²) in [7, 11) is 0. The average Bonchev–Trinajstić information content (AvgIpc) is 2.52. The van der Waals surface area contributed by atoms with E-state index in [1.165, 1.54) is 0 Å². The van der Waals surface area contributed by atoms with E-state index in [4.69, 9.17) is 4.74 Å². The lowest BCUT2D eigenvalue weighted by atomic mass is 10.2. The molecule has 0 atom stereocenters. The van der Waals surface area contributed by atoms with Crippen molar-refractivity contribution in [3.8, 4) is 0 Å². The highest BCUT2D eigenvalue weighted by atomic mass is 16.5. The van der Waals surface area contributed by atoms with Crippen molar-refractivity contribution in [2.45, 2.75) is 6.54 Å². The van der Waals surface area contributed by atoms with Crippen molar-refractivity contribution in [2.75, 3.05) is 32.8 Å². The summed E-state index contributed by atoms with van der Waals surface area (Å²) in [5.41, 5.74) is 1.02. The van der Waals surface area contributed by atoms with Gasteiger partial charge in [0.15, 0.2) is 0 Å². The molecule has 2 N–H and O–H groups in total. The molecule has 1 aliphatic rings. The largest absolute Gasteiger partial charge is 0.378 e. The SMILES string of the molecule is O=C(NCC(=O)N1CCOCC1)NCc1ccccc1. The molecule has 3 amide bonds. The molecule has 0 unspecified atom stereocenters. The van der Waals surface area contributed by atoms with Crippen molar-refractivity contribution in [3.05, 3.63) is 35.9 Å². The van der Waals surface area contributed by atoms with E-state index in [1.807, 2.05) is 30.3 Å². The number of morpholine rings is 1. The molecule has 6 nitrogen and oxygen atoms in total. The quantitative estimate of drug-likeness (QED) is 0.834. The third-order valence-electron chi connectivity index (χ3n) is 3.06. The first-order valence-corrected chi connectivity index (χ1v) is 6.67. The lowest BCUT2D eigenvalue weighted by Gasteiger charge is -2.26. The Balaban J connectivity index is 1.65. The van der Waals surface area contributed by atoms with Crippen molar-refractivity contribution >= 4 is 11.9 Å². The zero-order chi connectivity index (χ0) is 14.2. The Morgan fingerprint density at radius 3 is 2.50 bits per heavy atom. The minimum atomic E-state index is -0.338. The number of nitrogens with zero attached hydrogens (tertiary/aromatic N) is 1. The highest BCUT2D eigenvalue weighted by Crippen LogP contribution is 1.98. The maximum Gasteiger partial charge on any atom is 0.315 e. The molecule has 1 aromatic rings. The van der Waals surface area contributed by atoms with Gasteiger partial charge in [-0.05, 0) is 5.56 Å². The Morgan fingerprint density at radius 1 is 1.10 bits per heavy atom. The van der Waals surface area contributed by atoms with Crippen LogP contribution in [0, 0.1) is 0 Å². The van der Waals surface area contributed by atoms with Crippen LogP contribution in [0.5, 0.6) is 0 Å². The predicted molar refractivity (Wildman–Crippen MR) is 74.1 cm³/mol. The number of nitrogens with one attached hydrogen (secondary N) is 2. The van der Waals surface area contributed by atoms with Gasteiger partial charge in [-0.15, -0.1) is 0 Å². The van der Waals surface area contributed by atoms with Crippen LogP contribution in [0.15, 0.2) is 30.3 Å². The lowest BCUT2D eigenvalue weighted by Crippen LogP contribution is -2.47. The van der Waals surface area contributed by atoms with Gasteiger partial charge in [0.05, 0.1) is 19.8 Å². The fourth-order valence-electron chi connectivity index (χ4n) is 1.92. The Bertz CT molecular complexity index is 444. The van der Waals surface area contributed by atoms with Crippen LogP contribution in [0.25, 0.3) is 0 Å². The maximum atomic E-state index is 11.8. The Morgan fingerprint density at radius 2 is 1.80 bits per heavy atom. The van der Waals surface area contributed by atoms with Gasteiger partial charge in [-0.3, -0.25) is 4.79 Å². The second-order valence-corrected chi connectivity index (χ2v) is 4.51. The van der Waals surface area contributed by atoms with Gasteiger partial charge in [0, 0.05) is 19.6 Å². The molecule has 0 aromatic heterocycles. The van der Waals surface area contributed by atoms with Crippen LogP contribution < -0.4 is 10.6 Å². The third-order valence-corrected chi connectivity index (χ3v) is 3.06. The number of hydrogen-bond donors (Lipinski definition) is 2. The molecule has 0 bridgehead atoms. The minimum absolute atomic E-state index is 0.0145. The molecule has 1 saturated heterocycles. The van der Waals surface area contributed by atoms with E-state index in [0.29, 0.717) is 32.8 Å². The van der Waals surface area contributed by atoms with E-state index < -0.39 is 0 Å². The van der Waals surface area contributed by atoms with Gasteiger partial charge < -0.3 is 20.3 Å². The Hall–Kier alpha value is -2.08. The summed E-state index contributed by atoms with van der Waals surface area (Å²) in [6.07, 6.45) is 0. The molecule has 0 spiro atoms. The number of ether oxygens (including phenoxy) is 1. The summed E-state index contributed by atoms with van der Waals surface area (Å²) in [6, 6.07) is 9.27. The minimum Gasteiger partial charge on any atom is -0.378 e. The summed E-state index contributed by atoms with van der Waals surface area (Å²) in [5, 5.41) is 5.28. The molecular weight excluding hydrogens is 258 g/mol. The van der Waals surface area contributed by atoms with Crippen molar-refractivity contribution in [3.63, 3.8) is 0 Å². The molecule has 0 saturated carbocycles. The first kappa shape index (κ1) is 14.3. The van der Waals surface area contributed by atoms with Crippen LogP contribution >= 0.6 is 0 Å². The number of rotatable bonds is 4.